The summed E-state index contributed by atoms with van der Waals surface area (Å²) in [5.41, 5.74) is 0.817. The maximum absolute atomic E-state index is 11.9. The lowest BCUT2D eigenvalue weighted by Gasteiger charge is -2.12. The number of methoxy groups -OCH3 is 2. The maximum atomic E-state index is 11.9. The number of ether oxygens (including phenoxy) is 2. The van der Waals surface area contributed by atoms with Crippen LogP contribution in [0.3, 0.4) is 0 Å². The molecule has 1 saturated heterocycles. The van der Waals surface area contributed by atoms with Crippen LogP contribution in [-0.2, 0) is 9.53 Å². The van der Waals surface area contributed by atoms with Gasteiger partial charge >= 0.3 is 5.97 Å². The third-order valence-corrected chi connectivity index (χ3v) is 4.31. The Morgan fingerprint density at radius 2 is 2.10 bits per heavy atom. The highest BCUT2D eigenvalue weighted by atomic mass is 32.2. The average molecular weight is 323 g/mol. The molecule has 1 aliphatic rings. The zero-order valence-corrected chi connectivity index (χ0v) is 13.1. The predicted molar refractivity (Wildman–Crippen MR) is 85.3 cm³/mol. The average Bonchev–Trinajstić information content (AvgIpc) is 2.75. The van der Waals surface area contributed by atoms with Crippen LogP contribution in [0, 0.1) is 0 Å². The van der Waals surface area contributed by atoms with Crippen LogP contribution in [0.15, 0.2) is 29.2 Å². The standard InChI is InChI=1S/C14H13NO4S2/c1-18-10-6-4-3-5-9(10)7-11-13(20)15(14(17)21-11)8-12(16)19-2/h3-7H,8H2,1-2H3. The van der Waals surface area contributed by atoms with E-state index in [2.05, 4.69) is 4.74 Å². The summed E-state index contributed by atoms with van der Waals surface area (Å²) in [5.74, 6) is 0.178. The molecular weight excluding hydrogens is 310 g/mol. The van der Waals surface area contributed by atoms with E-state index in [9.17, 15) is 9.59 Å². The number of thiocarbonyl (C=S) groups is 1. The molecule has 0 unspecified atom stereocenters. The molecule has 1 aromatic rings. The zero-order valence-electron chi connectivity index (χ0n) is 11.5. The minimum Gasteiger partial charge on any atom is -0.496 e. The van der Waals surface area contributed by atoms with Gasteiger partial charge in [0.15, 0.2) is 0 Å². The van der Waals surface area contributed by atoms with Crippen molar-refractivity contribution in [3.8, 4) is 5.75 Å². The van der Waals surface area contributed by atoms with Crippen LogP contribution in [0.25, 0.3) is 6.08 Å². The van der Waals surface area contributed by atoms with Crippen molar-refractivity contribution in [2.45, 2.75) is 0 Å². The van der Waals surface area contributed by atoms with Crippen LogP contribution in [0.4, 0.5) is 4.79 Å². The van der Waals surface area contributed by atoms with Gasteiger partial charge in [0.1, 0.15) is 17.3 Å². The predicted octanol–water partition coefficient (Wildman–Crippen LogP) is 2.71. The second-order valence-corrected chi connectivity index (χ2v) is 5.47. The lowest BCUT2D eigenvalue weighted by atomic mass is 10.2. The Labute approximate surface area is 131 Å². The van der Waals surface area contributed by atoms with Crippen molar-refractivity contribution in [1.82, 2.24) is 4.90 Å². The molecule has 0 spiro atoms. The molecule has 0 aliphatic carbocycles. The lowest BCUT2D eigenvalue weighted by Crippen LogP contribution is -2.33. The molecule has 0 bridgehead atoms. The molecule has 1 aliphatic heterocycles. The first-order valence-corrected chi connectivity index (χ1v) is 7.24. The number of nitrogens with zero attached hydrogens (tertiary/aromatic N) is 1. The second kappa shape index (κ2) is 6.73. The molecule has 1 fully saturated rings. The van der Waals surface area contributed by atoms with E-state index in [4.69, 9.17) is 17.0 Å². The Kier molecular flexibility index (Phi) is 4.98. The largest absolute Gasteiger partial charge is 0.496 e. The summed E-state index contributed by atoms with van der Waals surface area (Å²) in [5, 5.41) is -0.286. The van der Waals surface area contributed by atoms with Crippen LogP contribution in [0.2, 0.25) is 0 Å². The van der Waals surface area contributed by atoms with Crippen molar-refractivity contribution in [3.63, 3.8) is 0 Å². The summed E-state index contributed by atoms with van der Waals surface area (Å²) in [6, 6.07) is 7.41. The molecule has 1 heterocycles. The number of carbonyl (C=O) groups is 2. The minimum atomic E-state index is -0.509. The summed E-state index contributed by atoms with van der Waals surface area (Å²) >= 11 is 6.24. The second-order valence-electron chi connectivity index (χ2n) is 4.09. The van der Waals surface area contributed by atoms with E-state index in [0.29, 0.717) is 15.6 Å². The molecule has 21 heavy (non-hydrogen) atoms. The van der Waals surface area contributed by atoms with Gasteiger partial charge in [-0.05, 0) is 23.9 Å². The SMILES string of the molecule is COC(=O)CN1C(=O)SC(=Cc2ccccc2OC)C1=S. The first kappa shape index (κ1) is 15.5. The fourth-order valence-corrected chi connectivity index (χ4v) is 2.98. The summed E-state index contributed by atoms with van der Waals surface area (Å²) in [7, 11) is 2.84. The molecule has 110 valence electrons. The van der Waals surface area contributed by atoms with Gasteiger partial charge in [-0.1, -0.05) is 30.4 Å². The van der Waals surface area contributed by atoms with Crippen LogP contribution in [-0.4, -0.2) is 41.9 Å². The fourth-order valence-electron chi connectivity index (χ4n) is 1.76. The van der Waals surface area contributed by atoms with Crippen LogP contribution in [0.5, 0.6) is 5.75 Å². The van der Waals surface area contributed by atoms with Gasteiger partial charge in [-0.15, -0.1) is 0 Å². The van der Waals surface area contributed by atoms with Gasteiger partial charge in [-0.2, -0.15) is 0 Å². The number of thioether (sulfide) groups is 1. The van der Waals surface area contributed by atoms with E-state index in [0.717, 1.165) is 17.3 Å². The normalized spacial score (nSPS) is 16.5. The van der Waals surface area contributed by atoms with Gasteiger partial charge in [-0.25, -0.2) is 0 Å². The number of hydrogen-bond donors (Lipinski definition) is 0. The maximum Gasteiger partial charge on any atom is 0.325 e. The quantitative estimate of drug-likeness (QED) is 0.482. The number of para-hydroxylation sites is 1. The van der Waals surface area contributed by atoms with Gasteiger partial charge in [-0.3, -0.25) is 14.5 Å². The van der Waals surface area contributed by atoms with Gasteiger partial charge in [0.25, 0.3) is 5.24 Å². The third-order valence-electron chi connectivity index (χ3n) is 2.81. The van der Waals surface area contributed by atoms with Crippen LogP contribution >= 0.6 is 24.0 Å². The Morgan fingerprint density at radius 3 is 2.76 bits per heavy atom. The number of amides is 1. The van der Waals surface area contributed by atoms with Crippen molar-refractivity contribution in [2.75, 3.05) is 20.8 Å². The van der Waals surface area contributed by atoms with Gasteiger partial charge in [0, 0.05) is 5.56 Å². The number of rotatable bonds is 4. The Balaban J connectivity index is 2.26. The Bertz CT molecular complexity index is 627. The third kappa shape index (κ3) is 3.43. The van der Waals surface area contributed by atoms with Crippen LogP contribution < -0.4 is 4.74 Å². The first-order valence-electron chi connectivity index (χ1n) is 6.02. The molecule has 0 atom stereocenters. The zero-order chi connectivity index (χ0) is 15.4. The van der Waals surface area contributed by atoms with Crippen molar-refractivity contribution in [2.24, 2.45) is 0 Å². The highest BCUT2D eigenvalue weighted by Gasteiger charge is 2.33. The van der Waals surface area contributed by atoms with Crippen molar-refractivity contribution in [3.05, 3.63) is 34.7 Å². The van der Waals surface area contributed by atoms with Crippen molar-refractivity contribution in [1.29, 1.82) is 0 Å². The number of hydrogen-bond acceptors (Lipinski definition) is 6. The van der Waals surface area contributed by atoms with E-state index in [1.807, 2.05) is 24.3 Å². The number of carbonyl (C=O) groups excluding carboxylic acids is 2. The molecule has 0 aromatic heterocycles. The van der Waals surface area contributed by atoms with E-state index < -0.39 is 5.97 Å². The Morgan fingerprint density at radius 1 is 1.38 bits per heavy atom. The smallest absolute Gasteiger partial charge is 0.325 e. The summed E-state index contributed by atoms with van der Waals surface area (Å²) in [4.78, 5) is 25.4. The summed E-state index contributed by atoms with van der Waals surface area (Å²) in [6.07, 6.45) is 1.78. The van der Waals surface area contributed by atoms with Gasteiger partial charge in [0.2, 0.25) is 0 Å². The molecular formula is C14H13NO4S2. The highest BCUT2D eigenvalue weighted by molar-refractivity contribution is 8.19. The monoisotopic (exact) mass is 323 g/mol. The van der Waals surface area contributed by atoms with Crippen molar-refractivity contribution < 1.29 is 19.1 Å². The lowest BCUT2D eigenvalue weighted by molar-refractivity contribution is -0.140. The molecule has 2 rings (SSSR count). The molecule has 0 radical (unpaired) electrons. The Hall–Kier alpha value is -1.86. The van der Waals surface area contributed by atoms with E-state index >= 15 is 0 Å². The van der Waals surface area contributed by atoms with E-state index in [-0.39, 0.29) is 11.8 Å². The van der Waals surface area contributed by atoms with Crippen LogP contribution in [0.1, 0.15) is 5.56 Å². The molecule has 0 saturated carbocycles. The highest BCUT2D eigenvalue weighted by Crippen LogP contribution is 2.34. The summed E-state index contributed by atoms with van der Waals surface area (Å²) in [6.45, 7) is -0.176. The van der Waals surface area contributed by atoms with Gasteiger partial charge in [0.05, 0.1) is 19.1 Å². The van der Waals surface area contributed by atoms with Gasteiger partial charge < -0.3 is 9.47 Å². The molecule has 5 nitrogen and oxygen atoms in total. The molecule has 0 N–H and O–H groups in total. The van der Waals surface area contributed by atoms with E-state index in [1.54, 1.807) is 13.2 Å². The van der Waals surface area contributed by atoms with Crippen molar-refractivity contribution >= 4 is 46.3 Å². The molecule has 1 aromatic carbocycles. The molecule has 1 amide bonds. The topological polar surface area (TPSA) is 55.8 Å². The first-order chi connectivity index (χ1) is 10.1. The fraction of sp³-hybridized carbons (Fsp3) is 0.214. The molecule has 7 heteroatoms. The number of benzene rings is 1. The minimum absolute atomic E-state index is 0.176. The van der Waals surface area contributed by atoms with E-state index in [1.165, 1.54) is 12.0 Å². The number of esters is 1. The summed E-state index contributed by atoms with van der Waals surface area (Å²) < 4.78 is 9.81.